The van der Waals surface area contributed by atoms with Crippen LogP contribution in [0.15, 0.2) is 29.3 Å². The molecule has 0 radical (unpaired) electrons. The van der Waals surface area contributed by atoms with E-state index in [9.17, 15) is 4.79 Å². The standard InChI is InChI=1S/C10H7NO/c1-2-3-9-4-6-10(7-5-9)11-8-12/h4-7H,1H3. The molecule has 12 heavy (non-hydrogen) atoms. The fourth-order valence-corrected chi connectivity index (χ4v) is 0.816. The van der Waals surface area contributed by atoms with Crippen LogP contribution in [-0.4, -0.2) is 6.08 Å². The van der Waals surface area contributed by atoms with Gasteiger partial charge in [-0.1, -0.05) is 5.92 Å². The van der Waals surface area contributed by atoms with Gasteiger partial charge < -0.3 is 0 Å². The molecule has 0 bridgehead atoms. The van der Waals surface area contributed by atoms with Gasteiger partial charge in [0.25, 0.3) is 0 Å². The average Bonchev–Trinajstić information content (AvgIpc) is 2.09. The molecule has 1 aromatic rings. The van der Waals surface area contributed by atoms with Gasteiger partial charge in [-0.05, 0) is 31.2 Å². The molecule has 1 aromatic carbocycles. The molecule has 0 aromatic heterocycles. The van der Waals surface area contributed by atoms with Crippen molar-refractivity contribution in [1.29, 1.82) is 0 Å². The Morgan fingerprint density at radius 2 is 1.92 bits per heavy atom. The Morgan fingerprint density at radius 3 is 2.42 bits per heavy atom. The van der Waals surface area contributed by atoms with E-state index in [1.807, 2.05) is 12.1 Å². The molecular weight excluding hydrogens is 150 g/mol. The zero-order valence-corrected chi connectivity index (χ0v) is 6.66. The maximum absolute atomic E-state index is 9.87. The number of aliphatic imine (C=N–C) groups is 1. The molecule has 0 N–H and O–H groups in total. The molecule has 2 heteroatoms. The highest BCUT2D eigenvalue weighted by atomic mass is 16.1. The summed E-state index contributed by atoms with van der Waals surface area (Å²) in [6.07, 6.45) is 1.47. The van der Waals surface area contributed by atoms with Crippen LogP contribution in [0.5, 0.6) is 0 Å². The Labute approximate surface area is 70.9 Å². The van der Waals surface area contributed by atoms with Gasteiger partial charge in [-0.15, -0.1) is 5.92 Å². The minimum atomic E-state index is 0.603. The van der Waals surface area contributed by atoms with Gasteiger partial charge in [-0.3, -0.25) is 0 Å². The third-order valence-electron chi connectivity index (χ3n) is 1.31. The summed E-state index contributed by atoms with van der Waals surface area (Å²) >= 11 is 0. The summed E-state index contributed by atoms with van der Waals surface area (Å²) in [6.45, 7) is 1.78. The van der Waals surface area contributed by atoms with E-state index < -0.39 is 0 Å². The second kappa shape index (κ2) is 4.12. The summed E-state index contributed by atoms with van der Waals surface area (Å²) in [5.74, 6) is 5.66. The normalized spacial score (nSPS) is 7.75. The van der Waals surface area contributed by atoms with Gasteiger partial charge in [0.1, 0.15) is 0 Å². The molecule has 58 valence electrons. The first-order valence-electron chi connectivity index (χ1n) is 3.47. The van der Waals surface area contributed by atoms with E-state index in [1.54, 1.807) is 19.1 Å². The first-order valence-corrected chi connectivity index (χ1v) is 3.47. The Morgan fingerprint density at radius 1 is 1.25 bits per heavy atom. The summed E-state index contributed by atoms with van der Waals surface area (Å²) < 4.78 is 0. The minimum absolute atomic E-state index is 0.603. The van der Waals surface area contributed by atoms with Gasteiger partial charge in [0.15, 0.2) is 0 Å². The molecule has 0 heterocycles. The van der Waals surface area contributed by atoms with Crippen LogP contribution < -0.4 is 0 Å². The smallest absolute Gasteiger partial charge is 0.211 e. The first kappa shape index (κ1) is 8.26. The summed E-state index contributed by atoms with van der Waals surface area (Å²) in [5, 5.41) is 0. The van der Waals surface area contributed by atoms with Crippen molar-refractivity contribution in [2.75, 3.05) is 0 Å². The Kier molecular flexibility index (Phi) is 2.84. The number of rotatable bonds is 1. The van der Waals surface area contributed by atoms with Crippen molar-refractivity contribution in [3.05, 3.63) is 29.8 Å². The van der Waals surface area contributed by atoms with Crippen molar-refractivity contribution >= 4 is 11.8 Å². The summed E-state index contributed by atoms with van der Waals surface area (Å²) in [4.78, 5) is 13.3. The molecule has 0 unspecified atom stereocenters. The van der Waals surface area contributed by atoms with Gasteiger partial charge in [0.2, 0.25) is 6.08 Å². The monoisotopic (exact) mass is 157 g/mol. The molecule has 2 nitrogen and oxygen atoms in total. The van der Waals surface area contributed by atoms with Gasteiger partial charge in [0.05, 0.1) is 5.69 Å². The van der Waals surface area contributed by atoms with Crippen LogP contribution in [0.2, 0.25) is 0 Å². The van der Waals surface area contributed by atoms with Crippen LogP contribution in [0.1, 0.15) is 12.5 Å². The van der Waals surface area contributed by atoms with E-state index in [4.69, 9.17) is 0 Å². The highest BCUT2D eigenvalue weighted by Gasteiger charge is 1.87. The Balaban J connectivity index is 2.97. The van der Waals surface area contributed by atoms with Gasteiger partial charge in [0, 0.05) is 5.56 Å². The van der Waals surface area contributed by atoms with Crippen LogP contribution in [0.3, 0.4) is 0 Å². The lowest BCUT2D eigenvalue weighted by Crippen LogP contribution is -1.71. The molecule has 1 rings (SSSR count). The van der Waals surface area contributed by atoms with Crippen LogP contribution in [0, 0.1) is 11.8 Å². The van der Waals surface area contributed by atoms with E-state index in [0.29, 0.717) is 5.69 Å². The lowest BCUT2D eigenvalue weighted by Gasteiger charge is -1.89. The van der Waals surface area contributed by atoms with Crippen LogP contribution >= 0.6 is 0 Å². The highest BCUT2D eigenvalue weighted by Crippen LogP contribution is 2.10. The molecule has 0 aliphatic carbocycles. The third kappa shape index (κ3) is 2.09. The fraction of sp³-hybridized carbons (Fsp3) is 0.100. The van der Waals surface area contributed by atoms with Gasteiger partial charge in [-0.25, -0.2) is 4.79 Å². The van der Waals surface area contributed by atoms with Crippen molar-refractivity contribution in [2.45, 2.75) is 6.92 Å². The first-order chi connectivity index (χ1) is 5.86. The zero-order chi connectivity index (χ0) is 8.81. The Bertz CT molecular complexity index is 361. The topological polar surface area (TPSA) is 29.4 Å². The number of carbonyl (C=O) groups excluding carboxylic acids is 1. The lowest BCUT2D eigenvalue weighted by molar-refractivity contribution is 0.565. The molecule has 0 atom stereocenters. The maximum Gasteiger partial charge on any atom is 0.240 e. The van der Waals surface area contributed by atoms with Gasteiger partial charge in [-0.2, -0.15) is 4.99 Å². The van der Waals surface area contributed by atoms with Crippen LogP contribution in [0.4, 0.5) is 5.69 Å². The lowest BCUT2D eigenvalue weighted by atomic mass is 10.2. The fourth-order valence-electron chi connectivity index (χ4n) is 0.816. The van der Waals surface area contributed by atoms with E-state index in [-0.39, 0.29) is 0 Å². The quantitative estimate of drug-likeness (QED) is 0.348. The van der Waals surface area contributed by atoms with Crippen LogP contribution in [0.25, 0.3) is 0 Å². The SMILES string of the molecule is CC#Cc1ccc(N=C=O)cc1. The second-order valence-electron chi connectivity index (χ2n) is 2.12. The molecule has 0 amide bonds. The minimum Gasteiger partial charge on any atom is -0.211 e. The molecule has 0 spiro atoms. The molecular formula is C10H7NO. The van der Waals surface area contributed by atoms with Crippen molar-refractivity contribution < 1.29 is 4.79 Å². The summed E-state index contributed by atoms with van der Waals surface area (Å²) in [5.41, 5.74) is 1.52. The number of hydrogen-bond acceptors (Lipinski definition) is 2. The predicted octanol–water partition coefficient (Wildman–Crippen LogP) is 2.03. The third-order valence-corrected chi connectivity index (χ3v) is 1.31. The second-order valence-corrected chi connectivity index (χ2v) is 2.12. The molecule has 0 aliphatic rings. The highest BCUT2D eigenvalue weighted by molar-refractivity contribution is 5.50. The van der Waals surface area contributed by atoms with E-state index >= 15 is 0 Å². The van der Waals surface area contributed by atoms with Crippen molar-refractivity contribution in [3.63, 3.8) is 0 Å². The molecule has 0 saturated heterocycles. The number of benzene rings is 1. The largest absolute Gasteiger partial charge is 0.240 e. The summed E-state index contributed by atoms with van der Waals surface area (Å²) in [7, 11) is 0. The molecule has 0 fully saturated rings. The van der Waals surface area contributed by atoms with Crippen molar-refractivity contribution in [3.8, 4) is 11.8 Å². The number of hydrogen-bond donors (Lipinski definition) is 0. The average molecular weight is 157 g/mol. The van der Waals surface area contributed by atoms with Crippen LogP contribution in [-0.2, 0) is 4.79 Å². The zero-order valence-electron chi connectivity index (χ0n) is 6.66. The van der Waals surface area contributed by atoms with E-state index in [1.165, 1.54) is 6.08 Å². The maximum atomic E-state index is 9.87. The Hall–Kier alpha value is -1.84. The molecule has 0 aliphatic heterocycles. The van der Waals surface area contributed by atoms with Gasteiger partial charge >= 0.3 is 0 Å². The van der Waals surface area contributed by atoms with E-state index in [2.05, 4.69) is 16.8 Å². The number of isocyanates is 1. The molecule has 0 saturated carbocycles. The number of nitrogens with zero attached hydrogens (tertiary/aromatic N) is 1. The van der Waals surface area contributed by atoms with Crippen molar-refractivity contribution in [1.82, 2.24) is 0 Å². The van der Waals surface area contributed by atoms with Crippen molar-refractivity contribution in [2.24, 2.45) is 4.99 Å². The van der Waals surface area contributed by atoms with E-state index in [0.717, 1.165) is 5.56 Å². The summed E-state index contributed by atoms with van der Waals surface area (Å²) in [6, 6.07) is 7.08. The predicted molar refractivity (Wildman–Crippen MR) is 46.8 cm³/mol.